The van der Waals surface area contributed by atoms with E-state index in [4.69, 9.17) is 13.5 Å². The lowest BCUT2D eigenvalue weighted by molar-refractivity contribution is 0.325. The molecule has 16 heavy (non-hydrogen) atoms. The van der Waals surface area contributed by atoms with Gasteiger partial charge in [0.05, 0.1) is 13.2 Å². The summed E-state index contributed by atoms with van der Waals surface area (Å²) in [6, 6.07) is 1.05. The summed E-state index contributed by atoms with van der Waals surface area (Å²) in [6.07, 6.45) is 0.940. The summed E-state index contributed by atoms with van der Waals surface area (Å²) < 4.78 is 27.4. The van der Waals surface area contributed by atoms with Gasteiger partial charge in [-0.1, -0.05) is 0 Å². The van der Waals surface area contributed by atoms with Gasteiger partial charge in [-0.3, -0.25) is 9.05 Å². The van der Waals surface area contributed by atoms with Crippen LogP contribution in [0.25, 0.3) is 0 Å². The molecule has 0 bridgehead atoms. The highest BCUT2D eigenvalue weighted by Gasteiger charge is 2.29. The predicted molar refractivity (Wildman–Crippen MR) is 66.0 cm³/mol. The van der Waals surface area contributed by atoms with Crippen LogP contribution in [0.3, 0.4) is 0 Å². The maximum atomic E-state index is 11.7. The fraction of sp³-hybridized carbons (Fsp3) is 1.00. The Labute approximate surface area is 98.6 Å². The van der Waals surface area contributed by atoms with E-state index < -0.39 is 16.1 Å². The van der Waals surface area contributed by atoms with Crippen LogP contribution in [0.4, 0.5) is 0 Å². The van der Waals surface area contributed by atoms with Crippen LogP contribution < -0.4 is 5.09 Å². The molecule has 1 saturated heterocycles. The van der Waals surface area contributed by atoms with E-state index in [0.717, 1.165) is 19.1 Å². The van der Waals surface area contributed by atoms with E-state index in [1.165, 1.54) is 0 Å². The molecule has 1 rings (SSSR count). The maximum absolute atomic E-state index is 11.7. The Hall–Kier alpha value is 0.287. The summed E-state index contributed by atoms with van der Waals surface area (Å²) in [5, 5.41) is 2.85. The SMILES string of the molecule is CCO[Si](C)(C)CCCNP1(=O)OCCO1. The Kier molecular flexibility index (Phi) is 5.63. The van der Waals surface area contributed by atoms with Crippen molar-refractivity contribution < 1.29 is 18.0 Å². The topological polar surface area (TPSA) is 56.8 Å². The molecular weight excluding hydrogens is 245 g/mol. The summed E-state index contributed by atoms with van der Waals surface area (Å²) in [6.45, 7) is 8.68. The Balaban J connectivity index is 2.14. The molecule has 1 fully saturated rings. The van der Waals surface area contributed by atoms with E-state index >= 15 is 0 Å². The number of rotatable bonds is 7. The van der Waals surface area contributed by atoms with Gasteiger partial charge in [-0.25, -0.2) is 9.65 Å². The van der Waals surface area contributed by atoms with E-state index in [9.17, 15) is 4.57 Å². The highest BCUT2D eigenvalue weighted by molar-refractivity contribution is 7.51. The molecule has 0 aromatic heterocycles. The molecule has 7 heteroatoms. The molecular formula is C9H22NO4PSi. The smallest absolute Gasteiger partial charge is 0.405 e. The van der Waals surface area contributed by atoms with Gasteiger partial charge in [-0.05, 0) is 32.5 Å². The van der Waals surface area contributed by atoms with Crippen LogP contribution in [0, 0.1) is 0 Å². The van der Waals surface area contributed by atoms with Crippen LogP contribution >= 0.6 is 7.75 Å². The van der Waals surface area contributed by atoms with Gasteiger partial charge < -0.3 is 4.43 Å². The normalized spacial score (nSPS) is 20.2. The summed E-state index contributed by atoms with van der Waals surface area (Å²) in [5.74, 6) is 0. The van der Waals surface area contributed by atoms with Crippen LogP contribution in [0.5, 0.6) is 0 Å². The van der Waals surface area contributed by atoms with Crippen molar-refractivity contribution in [1.29, 1.82) is 0 Å². The third kappa shape index (κ3) is 5.08. The first-order chi connectivity index (χ1) is 7.47. The van der Waals surface area contributed by atoms with Crippen LogP contribution in [0.15, 0.2) is 0 Å². The molecule has 0 aromatic rings. The summed E-state index contributed by atoms with van der Waals surface area (Å²) in [4.78, 5) is 0. The molecule has 0 aliphatic carbocycles. The lowest BCUT2D eigenvalue weighted by Crippen LogP contribution is -2.31. The van der Waals surface area contributed by atoms with Gasteiger partial charge >= 0.3 is 7.75 Å². The van der Waals surface area contributed by atoms with Crippen molar-refractivity contribution in [2.45, 2.75) is 32.5 Å². The van der Waals surface area contributed by atoms with Crippen molar-refractivity contribution in [3.05, 3.63) is 0 Å². The Morgan fingerprint density at radius 2 is 2.00 bits per heavy atom. The molecule has 0 saturated carbocycles. The molecule has 0 radical (unpaired) electrons. The van der Waals surface area contributed by atoms with E-state index in [1.54, 1.807) is 0 Å². The Bertz CT molecular complexity index is 252. The van der Waals surface area contributed by atoms with E-state index in [-0.39, 0.29) is 0 Å². The molecule has 0 amide bonds. The average Bonchev–Trinajstić information content (AvgIpc) is 2.61. The van der Waals surface area contributed by atoms with Gasteiger partial charge in [0, 0.05) is 13.2 Å². The van der Waals surface area contributed by atoms with Gasteiger partial charge in [0.2, 0.25) is 0 Å². The monoisotopic (exact) mass is 267 g/mol. The van der Waals surface area contributed by atoms with Crippen molar-refractivity contribution in [2.75, 3.05) is 26.4 Å². The zero-order chi connectivity index (χ0) is 12.1. The molecule has 0 spiro atoms. The molecule has 96 valence electrons. The van der Waals surface area contributed by atoms with Gasteiger partial charge in [-0.2, -0.15) is 0 Å². The molecule has 0 atom stereocenters. The number of nitrogens with one attached hydrogen (secondary N) is 1. The van der Waals surface area contributed by atoms with Gasteiger partial charge in [0.1, 0.15) is 0 Å². The molecule has 1 N–H and O–H groups in total. The molecule has 1 aliphatic heterocycles. The largest absolute Gasteiger partial charge is 0.418 e. The first-order valence-electron chi connectivity index (χ1n) is 5.76. The Morgan fingerprint density at radius 3 is 2.56 bits per heavy atom. The van der Waals surface area contributed by atoms with Crippen LogP contribution in [0.2, 0.25) is 19.1 Å². The molecule has 1 aliphatic rings. The highest BCUT2D eigenvalue weighted by Crippen LogP contribution is 2.47. The van der Waals surface area contributed by atoms with E-state index in [0.29, 0.717) is 19.8 Å². The first kappa shape index (κ1) is 14.3. The van der Waals surface area contributed by atoms with Crippen molar-refractivity contribution in [2.24, 2.45) is 0 Å². The fourth-order valence-corrected chi connectivity index (χ4v) is 4.91. The maximum Gasteiger partial charge on any atom is 0.405 e. The van der Waals surface area contributed by atoms with E-state index in [2.05, 4.69) is 18.2 Å². The molecule has 0 unspecified atom stereocenters. The Morgan fingerprint density at radius 1 is 1.38 bits per heavy atom. The van der Waals surface area contributed by atoms with Gasteiger partial charge in [0.15, 0.2) is 8.32 Å². The van der Waals surface area contributed by atoms with Gasteiger partial charge in [-0.15, -0.1) is 0 Å². The standard InChI is InChI=1S/C9H22NO4PSi/c1-4-14-16(2,3)9-5-6-10-15(11)12-7-8-13-15/h4-9H2,1-3H3,(H,10,11). The van der Waals surface area contributed by atoms with Crippen molar-refractivity contribution in [3.8, 4) is 0 Å². The van der Waals surface area contributed by atoms with Crippen LogP contribution in [0.1, 0.15) is 13.3 Å². The molecule has 0 aromatic carbocycles. The van der Waals surface area contributed by atoms with Gasteiger partial charge in [0.25, 0.3) is 0 Å². The molecule has 1 heterocycles. The van der Waals surface area contributed by atoms with Crippen LogP contribution in [-0.2, 0) is 18.0 Å². The minimum absolute atomic E-state index is 0.420. The summed E-state index contributed by atoms with van der Waals surface area (Å²) in [5.41, 5.74) is 0. The number of hydrogen-bond donors (Lipinski definition) is 1. The second-order valence-electron chi connectivity index (χ2n) is 4.37. The van der Waals surface area contributed by atoms with Crippen LogP contribution in [-0.4, -0.2) is 34.7 Å². The van der Waals surface area contributed by atoms with Crippen molar-refractivity contribution >= 4 is 16.1 Å². The lowest BCUT2D eigenvalue weighted by Gasteiger charge is -2.22. The predicted octanol–water partition coefficient (Wildman–Crippen LogP) is 2.36. The van der Waals surface area contributed by atoms with E-state index in [1.807, 2.05) is 6.92 Å². The second-order valence-corrected chi connectivity index (χ2v) is 10.5. The quantitative estimate of drug-likeness (QED) is 0.436. The average molecular weight is 267 g/mol. The minimum Gasteiger partial charge on any atom is -0.418 e. The fourth-order valence-electron chi connectivity index (χ4n) is 1.64. The zero-order valence-electron chi connectivity index (χ0n) is 10.3. The highest BCUT2D eigenvalue weighted by atomic mass is 31.2. The minimum atomic E-state index is -2.94. The zero-order valence-corrected chi connectivity index (χ0v) is 12.2. The first-order valence-corrected chi connectivity index (χ1v) is 10.4. The third-order valence-electron chi connectivity index (χ3n) is 2.40. The summed E-state index contributed by atoms with van der Waals surface area (Å²) in [7, 11) is -4.46. The number of hydrogen-bond acceptors (Lipinski definition) is 4. The van der Waals surface area contributed by atoms with Crippen molar-refractivity contribution in [3.63, 3.8) is 0 Å². The van der Waals surface area contributed by atoms with Crippen molar-refractivity contribution in [1.82, 2.24) is 5.09 Å². The second kappa shape index (κ2) is 6.28. The summed E-state index contributed by atoms with van der Waals surface area (Å²) >= 11 is 0. The third-order valence-corrected chi connectivity index (χ3v) is 6.69. The lowest BCUT2D eigenvalue weighted by atomic mass is 10.5. The molecule has 5 nitrogen and oxygen atoms in total.